The van der Waals surface area contributed by atoms with Crippen LogP contribution in [0.1, 0.15) is 33.1 Å². The van der Waals surface area contributed by atoms with Crippen LogP contribution in [0.2, 0.25) is 0 Å². The number of carbonyl (C=O) groups is 3. The average Bonchev–Trinajstić information content (AvgIpc) is 2.26. The van der Waals surface area contributed by atoms with Crippen LogP contribution in [0.4, 0.5) is 0 Å². The molecule has 1 aliphatic carbocycles. The van der Waals surface area contributed by atoms with Gasteiger partial charge in [-0.15, -0.1) is 0 Å². The molecule has 1 unspecified atom stereocenters. The van der Waals surface area contributed by atoms with E-state index in [2.05, 4.69) is 0 Å². The Labute approximate surface area is 111 Å². The molecule has 1 fully saturated rings. The van der Waals surface area contributed by atoms with Crippen molar-refractivity contribution in [3.8, 4) is 0 Å². The SMILES string of the molecule is CC(=O)OCC(/C=C/C(=O)OC1CCC1)OC(C)=O. The van der Waals surface area contributed by atoms with Crippen molar-refractivity contribution in [1.82, 2.24) is 0 Å². The normalized spacial score (nSPS) is 16.5. The van der Waals surface area contributed by atoms with Crippen LogP contribution in [-0.4, -0.2) is 36.7 Å². The van der Waals surface area contributed by atoms with Crippen molar-refractivity contribution in [2.75, 3.05) is 6.61 Å². The van der Waals surface area contributed by atoms with Gasteiger partial charge in [-0.3, -0.25) is 9.59 Å². The molecule has 1 saturated carbocycles. The Balaban J connectivity index is 2.41. The third-order valence-corrected chi connectivity index (χ3v) is 2.55. The highest BCUT2D eigenvalue weighted by Crippen LogP contribution is 2.21. The van der Waals surface area contributed by atoms with Gasteiger partial charge in [0.2, 0.25) is 0 Å². The summed E-state index contributed by atoms with van der Waals surface area (Å²) in [6, 6.07) is 0. The van der Waals surface area contributed by atoms with E-state index in [1.165, 1.54) is 26.0 Å². The molecule has 0 aromatic carbocycles. The van der Waals surface area contributed by atoms with Crippen LogP contribution in [0, 0.1) is 0 Å². The molecule has 0 aromatic heterocycles. The zero-order valence-corrected chi connectivity index (χ0v) is 11.1. The van der Waals surface area contributed by atoms with Gasteiger partial charge in [0.25, 0.3) is 0 Å². The van der Waals surface area contributed by atoms with Crippen molar-refractivity contribution in [1.29, 1.82) is 0 Å². The smallest absolute Gasteiger partial charge is 0.330 e. The summed E-state index contributed by atoms with van der Waals surface area (Å²) in [5.74, 6) is -1.48. The number of hydrogen-bond acceptors (Lipinski definition) is 6. The number of ether oxygens (including phenoxy) is 3. The molecule has 0 radical (unpaired) electrons. The van der Waals surface area contributed by atoms with Crippen molar-refractivity contribution in [2.45, 2.75) is 45.3 Å². The minimum atomic E-state index is -0.782. The lowest BCUT2D eigenvalue weighted by Gasteiger charge is -2.24. The fourth-order valence-electron chi connectivity index (χ4n) is 1.42. The Morgan fingerprint density at radius 2 is 1.89 bits per heavy atom. The topological polar surface area (TPSA) is 78.9 Å². The lowest BCUT2D eigenvalue weighted by atomic mass is 9.96. The Kier molecular flexibility index (Phi) is 6.05. The number of esters is 3. The van der Waals surface area contributed by atoms with E-state index in [4.69, 9.17) is 14.2 Å². The highest BCUT2D eigenvalue weighted by molar-refractivity contribution is 5.82. The number of hydrogen-bond donors (Lipinski definition) is 0. The number of carbonyl (C=O) groups excluding carboxylic acids is 3. The quantitative estimate of drug-likeness (QED) is 0.409. The second-order valence-corrected chi connectivity index (χ2v) is 4.30. The zero-order chi connectivity index (χ0) is 14.3. The summed E-state index contributed by atoms with van der Waals surface area (Å²) in [5.41, 5.74) is 0. The molecule has 1 atom stereocenters. The summed E-state index contributed by atoms with van der Waals surface area (Å²) in [7, 11) is 0. The molecule has 0 amide bonds. The van der Waals surface area contributed by atoms with Crippen LogP contribution in [-0.2, 0) is 28.6 Å². The molecule has 1 aliphatic rings. The predicted molar refractivity (Wildman–Crippen MR) is 65.1 cm³/mol. The van der Waals surface area contributed by atoms with Gasteiger partial charge in [-0.1, -0.05) is 0 Å². The summed E-state index contributed by atoms with van der Waals surface area (Å²) < 4.78 is 14.7. The van der Waals surface area contributed by atoms with Crippen LogP contribution in [0.3, 0.4) is 0 Å². The van der Waals surface area contributed by atoms with Crippen molar-refractivity contribution >= 4 is 17.9 Å². The Bertz CT molecular complexity index is 369. The lowest BCUT2D eigenvalue weighted by Crippen LogP contribution is -2.25. The van der Waals surface area contributed by atoms with E-state index in [0.717, 1.165) is 19.3 Å². The van der Waals surface area contributed by atoms with E-state index < -0.39 is 24.0 Å². The first-order chi connectivity index (χ1) is 8.97. The van der Waals surface area contributed by atoms with Gasteiger partial charge < -0.3 is 14.2 Å². The summed E-state index contributed by atoms with van der Waals surface area (Å²) in [5, 5.41) is 0. The van der Waals surface area contributed by atoms with Crippen LogP contribution in [0.5, 0.6) is 0 Å². The van der Waals surface area contributed by atoms with Crippen LogP contribution in [0.15, 0.2) is 12.2 Å². The van der Waals surface area contributed by atoms with Gasteiger partial charge in [-0.25, -0.2) is 4.79 Å². The third kappa shape index (κ3) is 6.59. The van der Waals surface area contributed by atoms with E-state index in [0.29, 0.717) is 0 Å². The molecule has 0 heterocycles. The highest BCUT2D eigenvalue weighted by Gasteiger charge is 2.20. The lowest BCUT2D eigenvalue weighted by molar-refractivity contribution is -0.153. The van der Waals surface area contributed by atoms with Gasteiger partial charge in [0.15, 0.2) is 6.10 Å². The van der Waals surface area contributed by atoms with E-state index >= 15 is 0 Å². The fourth-order valence-corrected chi connectivity index (χ4v) is 1.42. The third-order valence-electron chi connectivity index (χ3n) is 2.55. The molecule has 6 heteroatoms. The first-order valence-electron chi connectivity index (χ1n) is 6.16. The van der Waals surface area contributed by atoms with Gasteiger partial charge in [-0.2, -0.15) is 0 Å². The summed E-state index contributed by atoms with van der Waals surface area (Å²) in [6.07, 6.45) is 4.61. The molecule has 0 saturated heterocycles. The van der Waals surface area contributed by atoms with Crippen molar-refractivity contribution in [3.05, 3.63) is 12.2 Å². The van der Waals surface area contributed by atoms with Gasteiger partial charge in [-0.05, 0) is 25.3 Å². The maximum atomic E-state index is 11.4. The maximum Gasteiger partial charge on any atom is 0.330 e. The molecule has 6 nitrogen and oxygen atoms in total. The van der Waals surface area contributed by atoms with Crippen LogP contribution >= 0.6 is 0 Å². The fraction of sp³-hybridized carbons (Fsp3) is 0.615. The second-order valence-electron chi connectivity index (χ2n) is 4.30. The van der Waals surface area contributed by atoms with Crippen molar-refractivity contribution in [3.63, 3.8) is 0 Å². The average molecular weight is 270 g/mol. The standard InChI is InChI=1S/C13H18O6/c1-9(14)17-8-12(18-10(2)15)6-7-13(16)19-11-4-3-5-11/h6-7,11-12H,3-5,8H2,1-2H3/b7-6+. The van der Waals surface area contributed by atoms with E-state index in [-0.39, 0.29) is 12.7 Å². The van der Waals surface area contributed by atoms with Crippen molar-refractivity contribution in [2.24, 2.45) is 0 Å². The minimum Gasteiger partial charge on any atom is -0.462 e. The molecule has 106 valence electrons. The van der Waals surface area contributed by atoms with Gasteiger partial charge in [0.1, 0.15) is 12.7 Å². The van der Waals surface area contributed by atoms with Crippen LogP contribution in [0.25, 0.3) is 0 Å². The summed E-state index contributed by atoms with van der Waals surface area (Å²) >= 11 is 0. The molecule has 0 aromatic rings. The highest BCUT2D eigenvalue weighted by atomic mass is 16.6. The zero-order valence-electron chi connectivity index (χ0n) is 11.1. The van der Waals surface area contributed by atoms with E-state index in [1.54, 1.807) is 0 Å². The molecule has 0 spiro atoms. The van der Waals surface area contributed by atoms with E-state index in [9.17, 15) is 14.4 Å². The number of rotatable bonds is 6. The molecule has 0 aliphatic heterocycles. The van der Waals surface area contributed by atoms with Gasteiger partial charge in [0.05, 0.1) is 0 Å². The predicted octanol–water partition coefficient (Wildman–Crippen LogP) is 1.13. The summed E-state index contributed by atoms with van der Waals surface area (Å²) in [4.78, 5) is 33.0. The summed E-state index contributed by atoms with van der Waals surface area (Å²) in [6.45, 7) is 2.36. The van der Waals surface area contributed by atoms with Crippen molar-refractivity contribution < 1.29 is 28.6 Å². The monoisotopic (exact) mass is 270 g/mol. The first-order valence-corrected chi connectivity index (χ1v) is 6.16. The molecule has 19 heavy (non-hydrogen) atoms. The van der Waals surface area contributed by atoms with Gasteiger partial charge >= 0.3 is 17.9 Å². The van der Waals surface area contributed by atoms with Crippen LogP contribution < -0.4 is 0 Å². The molecule has 1 rings (SSSR count). The minimum absolute atomic E-state index is 0.00204. The maximum absolute atomic E-state index is 11.4. The molecule has 0 N–H and O–H groups in total. The Morgan fingerprint density at radius 1 is 1.21 bits per heavy atom. The molecular formula is C13H18O6. The van der Waals surface area contributed by atoms with E-state index in [1.807, 2.05) is 0 Å². The van der Waals surface area contributed by atoms with Gasteiger partial charge in [0, 0.05) is 19.9 Å². The largest absolute Gasteiger partial charge is 0.462 e. The molecular weight excluding hydrogens is 252 g/mol. The second kappa shape index (κ2) is 7.56. The Morgan fingerprint density at radius 3 is 2.37 bits per heavy atom. The molecule has 0 bridgehead atoms. The Hall–Kier alpha value is -1.85. The first kappa shape index (κ1) is 15.2.